The molecule has 0 radical (unpaired) electrons. The number of rotatable bonds is 3. The molecule has 108 valence electrons. The van der Waals surface area contributed by atoms with Crippen LogP contribution in [0.1, 0.15) is 50.3 Å². The summed E-state index contributed by atoms with van der Waals surface area (Å²) in [6.45, 7) is 0. The van der Waals surface area contributed by atoms with Gasteiger partial charge >= 0.3 is 0 Å². The molecule has 3 rings (SSSR count). The van der Waals surface area contributed by atoms with E-state index in [1.165, 1.54) is 38.5 Å². The van der Waals surface area contributed by atoms with Crippen molar-refractivity contribution in [3.8, 4) is 0 Å². The SMILES string of the molecule is NNC(c1cc2cccc(Br)c2o1)C1CCCCCC1. The molecule has 1 unspecified atom stereocenters. The van der Waals surface area contributed by atoms with E-state index in [2.05, 4.69) is 33.5 Å². The molecule has 1 fully saturated rings. The van der Waals surface area contributed by atoms with Gasteiger partial charge in [0.05, 0.1) is 10.5 Å². The summed E-state index contributed by atoms with van der Waals surface area (Å²) in [6, 6.07) is 8.35. The summed E-state index contributed by atoms with van der Waals surface area (Å²) >= 11 is 3.54. The Hall–Kier alpha value is -0.840. The van der Waals surface area contributed by atoms with Crippen LogP contribution >= 0.6 is 15.9 Å². The highest BCUT2D eigenvalue weighted by Crippen LogP contribution is 2.36. The second kappa shape index (κ2) is 6.29. The summed E-state index contributed by atoms with van der Waals surface area (Å²) in [4.78, 5) is 0. The van der Waals surface area contributed by atoms with E-state index in [9.17, 15) is 0 Å². The maximum absolute atomic E-state index is 6.06. The van der Waals surface area contributed by atoms with E-state index in [1.807, 2.05) is 12.1 Å². The molecule has 1 aliphatic carbocycles. The third kappa shape index (κ3) is 2.78. The van der Waals surface area contributed by atoms with E-state index in [0.29, 0.717) is 5.92 Å². The molecule has 0 aliphatic heterocycles. The van der Waals surface area contributed by atoms with Gasteiger partial charge in [0.1, 0.15) is 11.3 Å². The Morgan fingerprint density at radius 3 is 2.60 bits per heavy atom. The predicted molar refractivity (Wildman–Crippen MR) is 85.2 cm³/mol. The molecule has 1 aromatic carbocycles. The molecule has 0 bridgehead atoms. The fraction of sp³-hybridized carbons (Fsp3) is 0.500. The minimum atomic E-state index is 0.118. The van der Waals surface area contributed by atoms with Crippen LogP contribution in [0, 0.1) is 5.92 Å². The van der Waals surface area contributed by atoms with Crippen LogP contribution in [0.25, 0.3) is 11.0 Å². The molecular formula is C16H21BrN2O. The lowest BCUT2D eigenvalue weighted by atomic mass is 9.90. The summed E-state index contributed by atoms with van der Waals surface area (Å²) < 4.78 is 7.05. The van der Waals surface area contributed by atoms with Crippen LogP contribution in [0.4, 0.5) is 0 Å². The number of halogens is 1. The highest BCUT2D eigenvalue weighted by Gasteiger charge is 2.26. The fourth-order valence-corrected chi connectivity index (χ4v) is 3.76. The molecule has 4 heteroatoms. The summed E-state index contributed by atoms with van der Waals surface area (Å²) in [7, 11) is 0. The first-order valence-electron chi connectivity index (χ1n) is 7.43. The molecule has 1 saturated carbocycles. The Balaban J connectivity index is 1.92. The van der Waals surface area contributed by atoms with Gasteiger partial charge in [-0.15, -0.1) is 0 Å². The molecule has 1 aliphatic rings. The number of hydrogen-bond donors (Lipinski definition) is 2. The van der Waals surface area contributed by atoms with Gasteiger partial charge in [0.2, 0.25) is 0 Å². The molecule has 0 spiro atoms. The van der Waals surface area contributed by atoms with Crippen LogP contribution in [-0.4, -0.2) is 0 Å². The van der Waals surface area contributed by atoms with Gasteiger partial charge in [-0.25, -0.2) is 5.43 Å². The number of benzene rings is 1. The average molecular weight is 337 g/mol. The Kier molecular flexibility index (Phi) is 4.44. The van der Waals surface area contributed by atoms with Crippen molar-refractivity contribution in [1.82, 2.24) is 5.43 Å². The van der Waals surface area contributed by atoms with E-state index >= 15 is 0 Å². The van der Waals surface area contributed by atoms with Crippen molar-refractivity contribution in [3.05, 3.63) is 34.5 Å². The summed E-state index contributed by atoms with van der Waals surface area (Å²) in [5.41, 5.74) is 3.90. The summed E-state index contributed by atoms with van der Waals surface area (Å²) in [5, 5.41) is 1.13. The molecule has 20 heavy (non-hydrogen) atoms. The van der Waals surface area contributed by atoms with Gasteiger partial charge in [0.15, 0.2) is 0 Å². The number of hydrogen-bond acceptors (Lipinski definition) is 3. The lowest BCUT2D eigenvalue weighted by molar-refractivity contribution is 0.291. The number of furan rings is 1. The normalized spacial score (nSPS) is 19.1. The zero-order valence-corrected chi connectivity index (χ0v) is 13.2. The standard InChI is InChI=1S/C16H21BrN2O/c17-13-9-5-8-12-10-14(20-16(12)13)15(19-18)11-6-3-1-2-4-7-11/h5,8-11,15,19H,1-4,6-7,18H2. The van der Waals surface area contributed by atoms with Crippen LogP contribution in [-0.2, 0) is 0 Å². The Morgan fingerprint density at radius 1 is 1.20 bits per heavy atom. The van der Waals surface area contributed by atoms with Gasteiger partial charge in [-0.05, 0) is 46.8 Å². The third-order valence-corrected chi connectivity index (χ3v) is 5.00. The van der Waals surface area contributed by atoms with Gasteiger partial charge in [-0.2, -0.15) is 0 Å². The van der Waals surface area contributed by atoms with Crippen LogP contribution < -0.4 is 11.3 Å². The van der Waals surface area contributed by atoms with Gasteiger partial charge < -0.3 is 4.42 Å². The minimum Gasteiger partial charge on any atom is -0.458 e. The smallest absolute Gasteiger partial charge is 0.148 e. The van der Waals surface area contributed by atoms with Gasteiger partial charge in [0, 0.05) is 5.39 Å². The van der Waals surface area contributed by atoms with Crippen LogP contribution in [0.15, 0.2) is 33.2 Å². The molecule has 1 aromatic heterocycles. The number of nitrogens with two attached hydrogens (primary N) is 1. The second-order valence-corrected chi connectivity index (χ2v) is 6.56. The average Bonchev–Trinajstić information content (AvgIpc) is 2.70. The first kappa shape index (κ1) is 14.1. The van der Waals surface area contributed by atoms with Gasteiger partial charge in [0.25, 0.3) is 0 Å². The topological polar surface area (TPSA) is 51.2 Å². The Labute approximate surface area is 128 Å². The summed E-state index contributed by atoms with van der Waals surface area (Å²) in [5.74, 6) is 7.36. The number of nitrogens with one attached hydrogen (secondary N) is 1. The van der Waals surface area contributed by atoms with E-state index < -0.39 is 0 Å². The van der Waals surface area contributed by atoms with Crippen LogP contribution in [0.3, 0.4) is 0 Å². The second-order valence-electron chi connectivity index (χ2n) is 5.70. The van der Waals surface area contributed by atoms with E-state index in [4.69, 9.17) is 10.3 Å². The number of hydrazine groups is 1. The monoisotopic (exact) mass is 336 g/mol. The molecule has 0 amide bonds. The van der Waals surface area contributed by atoms with E-state index in [1.54, 1.807) is 0 Å². The van der Waals surface area contributed by atoms with Gasteiger partial charge in [-0.3, -0.25) is 5.84 Å². The number of fused-ring (bicyclic) bond motifs is 1. The quantitative estimate of drug-likeness (QED) is 0.486. The largest absolute Gasteiger partial charge is 0.458 e. The van der Waals surface area contributed by atoms with Crippen molar-refractivity contribution in [2.24, 2.45) is 11.8 Å². The minimum absolute atomic E-state index is 0.118. The molecule has 1 heterocycles. The maximum Gasteiger partial charge on any atom is 0.148 e. The lowest BCUT2D eigenvalue weighted by Crippen LogP contribution is -2.33. The molecule has 2 aromatic rings. The first-order valence-corrected chi connectivity index (χ1v) is 8.23. The van der Waals surface area contributed by atoms with Gasteiger partial charge in [-0.1, -0.05) is 37.8 Å². The zero-order chi connectivity index (χ0) is 13.9. The van der Waals surface area contributed by atoms with Crippen molar-refractivity contribution in [2.45, 2.75) is 44.6 Å². The third-order valence-electron chi connectivity index (χ3n) is 4.37. The van der Waals surface area contributed by atoms with Crippen molar-refractivity contribution < 1.29 is 4.42 Å². The first-order chi connectivity index (χ1) is 9.79. The molecular weight excluding hydrogens is 316 g/mol. The van der Waals surface area contributed by atoms with Crippen molar-refractivity contribution in [1.29, 1.82) is 0 Å². The highest BCUT2D eigenvalue weighted by atomic mass is 79.9. The Bertz CT molecular complexity index is 573. The lowest BCUT2D eigenvalue weighted by Gasteiger charge is -2.23. The van der Waals surface area contributed by atoms with Crippen LogP contribution in [0.5, 0.6) is 0 Å². The van der Waals surface area contributed by atoms with Crippen LogP contribution in [0.2, 0.25) is 0 Å². The summed E-state index contributed by atoms with van der Waals surface area (Å²) in [6.07, 6.45) is 7.75. The molecule has 1 atom stereocenters. The van der Waals surface area contributed by atoms with Crippen molar-refractivity contribution in [3.63, 3.8) is 0 Å². The molecule has 3 N–H and O–H groups in total. The maximum atomic E-state index is 6.06. The van der Waals surface area contributed by atoms with Crippen molar-refractivity contribution in [2.75, 3.05) is 0 Å². The van der Waals surface area contributed by atoms with E-state index in [0.717, 1.165) is 21.2 Å². The highest BCUT2D eigenvalue weighted by molar-refractivity contribution is 9.10. The zero-order valence-electron chi connectivity index (χ0n) is 11.6. The van der Waals surface area contributed by atoms with E-state index in [-0.39, 0.29) is 6.04 Å². The predicted octanol–water partition coefficient (Wildman–Crippen LogP) is 4.67. The fourth-order valence-electron chi connectivity index (χ4n) is 3.30. The molecule has 0 saturated heterocycles. The molecule has 3 nitrogen and oxygen atoms in total. The Morgan fingerprint density at radius 2 is 1.95 bits per heavy atom. The van der Waals surface area contributed by atoms with Crippen molar-refractivity contribution >= 4 is 26.9 Å². The number of para-hydroxylation sites is 1.